The molecule has 160 valence electrons. The van der Waals surface area contributed by atoms with E-state index in [1.54, 1.807) is 17.4 Å². The summed E-state index contributed by atoms with van der Waals surface area (Å²) in [6.07, 6.45) is 6.27. The summed E-state index contributed by atoms with van der Waals surface area (Å²) in [6.45, 7) is -0.0875. The van der Waals surface area contributed by atoms with Crippen molar-refractivity contribution < 1.29 is 5.11 Å². The Morgan fingerprint density at radius 2 is 2.26 bits per heavy atom. The van der Waals surface area contributed by atoms with Crippen LogP contribution in [-0.4, -0.2) is 53.8 Å². The van der Waals surface area contributed by atoms with E-state index in [1.165, 1.54) is 6.42 Å². The number of H-pyrrole nitrogens is 1. The van der Waals surface area contributed by atoms with Crippen molar-refractivity contribution in [2.45, 2.75) is 68.8 Å². The number of aliphatic hydroxyl groups excluding tert-OH is 1. The summed E-state index contributed by atoms with van der Waals surface area (Å²) in [4.78, 5) is 13.1. The molecule has 3 aliphatic rings. The van der Waals surface area contributed by atoms with Gasteiger partial charge in [0.2, 0.25) is 5.95 Å². The molecule has 0 radical (unpaired) electrons. The normalized spacial score (nSPS) is 29.4. The number of aromatic amines is 1. The van der Waals surface area contributed by atoms with Crippen LogP contribution in [0.25, 0.3) is 10.2 Å². The van der Waals surface area contributed by atoms with Gasteiger partial charge in [0, 0.05) is 29.7 Å². The van der Waals surface area contributed by atoms with Gasteiger partial charge in [-0.3, -0.25) is 10.00 Å². The van der Waals surface area contributed by atoms with Crippen LogP contribution in [0.2, 0.25) is 0 Å². The molecule has 0 saturated carbocycles. The highest BCUT2D eigenvalue weighted by Crippen LogP contribution is 2.55. The first-order valence-electron chi connectivity index (χ1n) is 10.8. The van der Waals surface area contributed by atoms with Crippen molar-refractivity contribution in [1.82, 2.24) is 25.1 Å². The summed E-state index contributed by atoms with van der Waals surface area (Å²) in [5, 5.41) is 35.3. The molecule has 6 rings (SSSR count). The average molecular weight is 437 g/mol. The highest BCUT2D eigenvalue weighted by atomic mass is 32.1. The van der Waals surface area contributed by atoms with Crippen LogP contribution in [0.4, 0.5) is 17.6 Å². The zero-order valence-corrected chi connectivity index (χ0v) is 17.8. The van der Waals surface area contributed by atoms with E-state index in [1.807, 2.05) is 11.4 Å². The van der Waals surface area contributed by atoms with Gasteiger partial charge >= 0.3 is 0 Å². The molecule has 0 bridgehead atoms. The van der Waals surface area contributed by atoms with Gasteiger partial charge in [-0.15, -0.1) is 11.3 Å². The molecule has 3 fully saturated rings. The smallest absolute Gasteiger partial charge is 0.226 e. The molecule has 31 heavy (non-hydrogen) atoms. The summed E-state index contributed by atoms with van der Waals surface area (Å²) in [5.41, 5.74) is 0.808. The van der Waals surface area contributed by atoms with Crippen molar-refractivity contribution in [3.8, 4) is 6.07 Å². The minimum Gasteiger partial charge on any atom is -0.390 e. The molecular weight excluding hydrogens is 412 g/mol. The molecule has 10 heteroatoms. The summed E-state index contributed by atoms with van der Waals surface area (Å²) in [7, 11) is 0. The first-order valence-corrected chi connectivity index (χ1v) is 11.6. The zero-order valence-electron chi connectivity index (χ0n) is 17.0. The van der Waals surface area contributed by atoms with E-state index in [0.717, 1.165) is 35.9 Å². The maximum absolute atomic E-state index is 9.27. The SMILES string of the molecule is N#CCC12CC[C@H]3C[C@H](Nc4nc(Nc5cc(CO)[nH]n5)c5ccsc5n4)C[C@@H](C1)N32. The van der Waals surface area contributed by atoms with Gasteiger partial charge in [-0.05, 0) is 43.6 Å². The average Bonchev–Trinajstić information content (AvgIpc) is 3.46. The fourth-order valence-electron chi connectivity index (χ4n) is 5.93. The Kier molecular flexibility index (Phi) is 4.38. The minimum absolute atomic E-state index is 0.0875. The Morgan fingerprint density at radius 1 is 1.35 bits per heavy atom. The van der Waals surface area contributed by atoms with E-state index in [-0.39, 0.29) is 12.1 Å². The van der Waals surface area contributed by atoms with Crippen molar-refractivity contribution in [2.75, 3.05) is 10.6 Å². The molecule has 6 heterocycles. The van der Waals surface area contributed by atoms with Crippen LogP contribution in [0.1, 0.15) is 44.2 Å². The van der Waals surface area contributed by atoms with Gasteiger partial charge in [-0.25, -0.2) is 4.98 Å². The molecule has 3 aliphatic heterocycles. The summed E-state index contributed by atoms with van der Waals surface area (Å²) >= 11 is 1.59. The van der Waals surface area contributed by atoms with E-state index < -0.39 is 0 Å². The third-order valence-electron chi connectivity index (χ3n) is 7.12. The van der Waals surface area contributed by atoms with E-state index in [2.05, 4.69) is 31.8 Å². The largest absolute Gasteiger partial charge is 0.390 e. The minimum atomic E-state index is -0.0875. The van der Waals surface area contributed by atoms with Crippen molar-refractivity contribution in [3.05, 3.63) is 23.2 Å². The number of fused-ring (bicyclic) bond motifs is 1. The highest BCUT2D eigenvalue weighted by Gasteiger charge is 2.60. The number of anilines is 3. The van der Waals surface area contributed by atoms with E-state index >= 15 is 0 Å². The van der Waals surface area contributed by atoms with Gasteiger partial charge in [0.05, 0.1) is 30.2 Å². The summed E-state index contributed by atoms with van der Waals surface area (Å²) in [5.74, 6) is 1.96. The first-order chi connectivity index (χ1) is 15.2. The van der Waals surface area contributed by atoms with Crippen molar-refractivity contribution >= 4 is 39.1 Å². The van der Waals surface area contributed by atoms with Gasteiger partial charge in [-0.1, -0.05) is 0 Å². The standard InChI is InChI=1S/C21H24N8OS/c22-5-4-21-3-1-14-7-12(8-15(10-21)29(14)21)23-20-25-18(16-2-6-31-19(16)26-20)24-17-9-13(11-30)27-28-17/h2,6,9,12,14-15,30H,1,3-4,7-8,10-11H2,(H3,23,24,25,26,27,28)/t12-,14-,15-,21?/m0/s1. The zero-order chi connectivity index (χ0) is 21.0. The van der Waals surface area contributed by atoms with E-state index in [0.29, 0.717) is 47.8 Å². The summed E-state index contributed by atoms with van der Waals surface area (Å²) < 4.78 is 0. The van der Waals surface area contributed by atoms with Crippen molar-refractivity contribution in [3.63, 3.8) is 0 Å². The van der Waals surface area contributed by atoms with Crippen molar-refractivity contribution in [1.29, 1.82) is 5.26 Å². The Balaban J connectivity index is 1.22. The Labute approximate surface area is 183 Å². The lowest BCUT2D eigenvalue weighted by atomic mass is 9.72. The topological polar surface area (TPSA) is 126 Å². The number of hydrogen-bond donors (Lipinski definition) is 4. The van der Waals surface area contributed by atoms with Gasteiger partial charge in [-0.2, -0.15) is 15.3 Å². The first kappa shape index (κ1) is 19.0. The van der Waals surface area contributed by atoms with Crippen LogP contribution in [0, 0.1) is 11.3 Å². The Morgan fingerprint density at radius 3 is 3.10 bits per heavy atom. The third-order valence-corrected chi connectivity index (χ3v) is 7.93. The second-order valence-electron chi connectivity index (χ2n) is 8.93. The van der Waals surface area contributed by atoms with Crippen LogP contribution in [0.3, 0.4) is 0 Å². The lowest BCUT2D eigenvalue weighted by Gasteiger charge is -2.59. The molecular formula is C21H24N8OS. The van der Waals surface area contributed by atoms with Crippen LogP contribution in [0.5, 0.6) is 0 Å². The van der Waals surface area contributed by atoms with Gasteiger partial charge in [0.15, 0.2) is 5.82 Å². The van der Waals surface area contributed by atoms with Crippen LogP contribution in [-0.2, 0) is 6.61 Å². The van der Waals surface area contributed by atoms with Crippen molar-refractivity contribution in [2.24, 2.45) is 0 Å². The number of nitrogens with one attached hydrogen (secondary N) is 3. The number of aromatic nitrogens is 4. The van der Waals surface area contributed by atoms with Gasteiger partial charge in [0.25, 0.3) is 0 Å². The van der Waals surface area contributed by atoms with Crippen LogP contribution >= 0.6 is 11.3 Å². The van der Waals surface area contributed by atoms with Crippen LogP contribution < -0.4 is 10.6 Å². The number of hydrogen-bond acceptors (Lipinski definition) is 9. The lowest BCUT2D eigenvalue weighted by Crippen LogP contribution is -2.68. The molecule has 3 saturated heterocycles. The fraction of sp³-hybridized carbons (Fsp3) is 0.524. The highest BCUT2D eigenvalue weighted by molar-refractivity contribution is 7.16. The van der Waals surface area contributed by atoms with Gasteiger partial charge < -0.3 is 15.7 Å². The maximum atomic E-state index is 9.27. The van der Waals surface area contributed by atoms with Gasteiger partial charge in [0.1, 0.15) is 10.6 Å². The number of rotatable bonds is 6. The quantitative estimate of drug-likeness (QED) is 0.464. The number of nitriles is 1. The lowest BCUT2D eigenvalue weighted by molar-refractivity contribution is -0.0880. The third kappa shape index (κ3) is 3.07. The molecule has 1 unspecified atom stereocenters. The fourth-order valence-corrected chi connectivity index (χ4v) is 6.70. The second kappa shape index (κ2) is 7.15. The van der Waals surface area contributed by atoms with E-state index in [9.17, 15) is 10.4 Å². The predicted molar refractivity (Wildman–Crippen MR) is 118 cm³/mol. The molecule has 0 spiro atoms. The molecule has 0 aromatic carbocycles. The molecule has 9 nitrogen and oxygen atoms in total. The van der Waals surface area contributed by atoms with Crippen LogP contribution in [0.15, 0.2) is 17.5 Å². The molecule has 4 atom stereocenters. The van der Waals surface area contributed by atoms with E-state index in [4.69, 9.17) is 9.97 Å². The number of thiophene rings is 1. The molecule has 3 aromatic rings. The number of aliphatic hydroxyl groups is 1. The maximum Gasteiger partial charge on any atom is 0.226 e. The second-order valence-corrected chi connectivity index (χ2v) is 9.82. The predicted octanol–water partition coefficient (Wildman–Crippen LogP) is 3.11. The molecule has 0 amide bonds. The molecule has 0 aliphatic carbocycles. The Bertz CT molecular complexity index is 1170. The molecule has 3 aromatic heterocycles. The number of nitrogens with zero attached hydrogens (tertiary/aromatic N) is 5. The summed E-state index contributed by atoms with van der Waals surface area (Å²) in [6, 6.07) is 7.65. The Hall–Kier alpha value is -2.74. The monoisotopic (exact) mass is 436 g/mol. The number of piperidine rings is 1. The molecule has 4 N–H and O–H groups in total.